The number of methoxy groups -OCH3 is 2. The fourth-order valence-electron chi connectivity index (χ4n) is 1.84. The Bertz CT molecular complexity index is 524. The minimum absolute atomic E-state index is 0.241. The van der Waals surface area contributed by atoms with Crippen LogP contribution < -0.4 is 19.9 Å². The van der Waals surface area contributed by atoms with E-state index in [1.54, 1.807) is 44.8 Å². The molecule has 0 bridgehead atoms. The van der Waals surface area contributed by atoms with Crippen molar-refractivity contribution in [1.29, 1.82) is 0 Å². The van der Waals surface area contributed by atoms with Gasteiger partial charge in [-0.1, -0.05) is 0 Å². The summed E-state index contributed by atoms with van der Waals surface area (Å²) in [5, 5.41) is 0. The summed E-state index contributed by atoms with van der Waals surface area (Å²) in [6, 6.07) is 9.15. The van der Waals surface area contributed by atoms with Crippen LogP contribution in [0.3, 0.4) is 0 Å². The molecule has 0 aliphatic carbocycles. The van der Waals surface area contributed by atoms with Crippen LogP contribution in [0.2, 0.25) is 0 Å². The van der Waals surface area contributed by atoms with Crippen molar-refractivity contribution in [3.63, 3.8) is 0 Å². The van der Waals surface area contributed by atoms with Crippen molar-refractivity contribution in [1.82, 2.24) is 4.98 Å². The van der Waals surface area contributed by atoms with Gasteiger partial charge in [0.05, 0.1) is 14.2 Å². The summed E-state index contributed by atoms with van der Waals surface area (Å²) in [6.45, 7) is 0.365. The molecule has 0 amide bonds. The van der Waals surface area contributed by atoms with Crippen LogP contribution in [0.4, 0.5) is 0 Å². The highest BCUT2D eigenvalue weighted by Gasteiger charge is 2.12. The van der Waals surface area contributed by atoms with E-state index < -0.39 is 0 Å². The Morgan fingerprint density at radius 1 is 1.00 bits per heavy atom. The number of aromatic nitrogens is 1. The normalized spacial score (nSPS) is 11.8. The van der Waals surface area contributed by atoms with E-state index in [0.29, 0.717) is 23.8 Å². The fourth-order valence-corrected chi connectivity index (χ4v) is 1.84. The Balaban J connectivity index is 2.23. The number of benzene rings is 1. The van der Waals surface area contributed by atoms with Crippen LogP contribution in [0.5, 0.6) is 17.2 Å². The minimum Gasteiger partial charge on any atom is -0.496 e. The molecule has 0 aliphatic rings. The topological polar surface area (TPSA) is 66.6 Å². The maximum absolute atomic E-state index is 5.92. The molecule has 0 saturated heterocycles. The number of ether oxygens (including phenoxy) is 3. The lowest BCUT2D eigenvalue weighted by Crippen LogP contribution is -2.18. The fraction of sp³-hybridized carbons (Fsp3) is 0.267. The van der Waals surface area contributed by atoms with Gasteiger partial charge >= 0.3 is 0 Å². The van der Waals surface area contributed by atoms with Crippen molar-refractivity contribution < 1.29 is 14.2 Å². The maximum atomic E-state index is 5.92. The van der Waals surface area contributed by atoms with Crippen molar-refractivity contribution in [3.8, 4) is 17.2 Å². The molecular weight excluding hydrogens is 256 g/mol. The van der Waals surface area contributed by atoms with Crippen LogP contribution in [-0.2, 0) is 0 Å². The number of nitrogens with zero attached hydrogens (tertiary/aromatic N) is 1. The molecule has 1 atom stereocenters. The summed E-state index contributed by atoms with van der Waals surface area (Å²) in [5.41, 5.74) is 6.76. The summed E-state index contributed by atoms with van der Waals surface area (Å²) >= 11 is 0. The van der Waals surface area contributed by atoms with Crippen LogP contribution >= 0.6 is 0 Å². The minimum atomic E-state index is -0.241. The second-order valence-electron chi connectivity index (χ2n) is 4.17. The smallest absolute Gasteiger partial charge is 0.136 e. The van der Waals surface area contributed by atoms with Gasteiger partial charge < -0.3 is 19.9 Å². The molecule has 0 spiro atoms. The third-order valence-corrected chi connectivity index (χ3v) is 2.90. The van der Waals surface area contributed by atoms with E-state index in [1.165, 1.54) is 0 Å². The van der Waals surface area contributed by atoms with E-state index in [0.717, 1.165) is 5.56 Å². The average Bonchev–Trinajstić information content (AvgIpc) is 2.53. The quantitative estimate of drug-likeness (QED) is 0.874. The molecule has 2 N–H and O–H groups in total. The molecule has 2 rings (SSSR count). The molecule has 1 aromatic heterocycles. The molecule has 5 nitrogen and oxygen atoms in total. The molecule has 2 aromatic rings. The van der Waals surface area contributed by atoms with Crippen LogP contribution in [0.15, 0.2) is 42.7 Å². The van der Waals surface area contributed by atoms with E-state index in [1.807, 2.05) is 12.1 Å². The van der Waals surface area contributed by atoms with Gasteiger partial charge in [0.15, 0.2) is 0 Å². The highest BCUT2D eigenvalue weighted by Crippen LogP contribution is 2.30. The highest BCUT2D eigenvalue weighted by atomic mass is 16.5. The first-order valence-electron chi connectivity index (χ1n) is 6.26. The van der Waals surface area contributed by atoms with E-state index in [9.17, 15) is 0 Å². The molecule has 0 saturated carbocycles. The van der Waals surface area contributed by atoms with Gasteiger partial charge in [0.2, 0.25) is 0 Å². The lowest BCUT2D eigenvalue weighted by atomic mass is 10.1. The van der Waals surface area contributed by atoms with Crippen LogP contribution in [-0.4, -0.2) is 25.7 Å². The van der Waals surface area contributed by atoms with E-state index >= 15 is 0 Å². The molecule has 5 heteroatoms. The van der Waals surface area contributed by atoms with Gasteiger partial charge in [-0.2, -0.15) is 0 Å². The molecule has 0 aliphatic heterocycles. The van der Waals surface area contributed by atoms with E-state index in [4.69, 9.17) is 19.9 Å². The Morgan fingerprint density at radius 2 is 1.55 bits per heavy atom. The Morgan fingerprint density at radius 3 is 2.05 bits per heavy atom. The Hall–Kier alpha value is -2.27. The molecule has 1 unspecified atom stereocenters. The Labute approximate surface area is 118 Å². The molecule has 20 heavy (non-hydrogen) atoms. The first kappa shape index (κ1) is 14.1. The lowest BCUT2D eigenvalue weighted by Gasteiger charge is -2.18. The molecule has 0 radical (unpaired) electrons. The van der Waals surface area contributed by atoms with Crippen molar-refractivity contribution in [2.45, 2.75) is 6.10 Å². The zero-order valence-electron chi connectivity index (χ0n) is 11.6. The van der Waals surface area contributed by atoms with Gasteiger partial charge in [-0.25, -0.2) is 0 Å². The summed E-state index contributed by atoms with van der Waals surface area (Å²) in [4.78, 5) is 3.99. The van der Waals surface area contributed by atoms with E-state index in [-0.39, 0.29) is 6.10 Å². The molecule has 0 fully saturated rings. The predicted molar refractivity (Wildman–Crippen MR) is 76.2 cm³/mol. The van der Waals surface area contributed by atoms with E-state index in [2.05, 4.69) is 4.98 Å². The molecule has 106 valence electrons. The second-order valence-corrected chi connectivity index (χ2v) is 4.17. The number of rotatable bonds is 6. The average molecular weight is 274 g/mol. The highest BCUT2D eigenvalue weighted by molar-refractivity contribution is 5.42. The number of hydrogen-bond acceptors (Lipinski definition) is 5. The van der Waals surface area contributed by atoms with Gasteiger partial charge in [-0.15, -0.1) is 0 Å². The molecule has 1 aromatic carbocycles. The van der Waals surface area contributed by atoms with Crippen molar-refractivity contribution in [3.05, 3.63) is 48.3 Å². The van der Waals surface area contributed by atoms with Gasteiger partial charge in [0.25, 0.3) is 0 Å². The second kappa shape index (κ2) is 6.77. The van der Waals surface area contributed by atoms with Gasteiger partial charge in [-0.05, 0) is 17.7 Å². The van der Waals surface area contributed by atoms with Gasteiger partial charge in [-0.3, -0.25) is 4.98 Å². The summed E-state index contributed by atoms with van der Waals surface area (Å²) in [7, 11) is 3.20. The summed E-state index contributed by atoms with van der Waals surface area (Å²) < 4.78 is 16.4. The zero-order valence-corrected chi connectivity index (χ0v) is 11.6. The van der Waals surface area contributed by atoms with Crippen LogP contribution in [0, 0.1) is 0 Å². The third-order valence-electron chi connectivity index (χ3n) is 2.90. The SMILES string of the molecule is COc1cc(OC)cc(OC(CN)c2ccncc2)c1. The lowest BCUT2D eigenvalue weighted by molar-refractivity contribution is 0.212. The third kappa shape index (κ3) is 3.39. The number of hydrogen-bond donors (Lipinski definition) is 1. The maximum Gasteiger partial charge on any atom is 0.136 e. The summed E-state index contributed by atoms with van der Waals surface area (Å²) in [5.74, 6) is 1.99. The molecule has 1 heterocycles. The van der Waals surface area contributed by atoms with Gasteiger partial charge in [0.1, 0.15) is 23.4 Å². The first-order chi connectivity index (χ1) is 9.76. The summed E-state index contributed by atoms with van der Waals surface area (Å²) in [6.07, 6.45) is 3.19. The van der Waals surface area contributed by atoms with Crippen LogP contribution in [0.25, 0.3) is 0 Å². The Kier molecular flexibility index (Phi) is 4.79. The monoisotopic (exact) mass is 274 g/mol. The molecular formula is C15H18N2O3. The van der Waals surface area contributed by atoms with Crippen molar-refractivity contribution in [2.24, 2.45) is 5.73 Å². The standard InChI is InChI=1S/C15H18N2O3/c1-18-12-7-13(19-2)9-14(8-12)20-15(10-16)11-3-5-17-6-4-11/h3-9,15H,10,16H2,1-2H3. The zero-order chi connectivity index (χ0) is 14.4. The predicted octanol–water partition coefficient (Wildman–Crippen LogP) is 2.18. The first-order valence-corrected chi connectivity index (χ1v) is 6.26. The van der Waals surface area contributed by atoms with Crippen molar-refractivity contribution >= 4 is 0 Å². The van der Waals surface area contributed by atoms with Crippen LogP contribution in [0.1, 0.15) is 11.7 Å². The largest absolute Gasteiger partial charge is 0.496 e. The number of pyridine rings is 1. The van der Waals surface area contributed by atoms with Crippen molar-refractivity contribution in [2.75, 3.05) is 20.8 Å². The number of nitrogens with two attached hydrogens (primary N) is 1. The van der Waals surface area contributed by atoms with Gasteiger partial charge in [0, 0.05) is 37.1 Å².